The lowest BCUT2D eigenvalue weighted by atomic mass is 10.2. The third kappa shape index (κ3) is 6.02. The van der Waals surface area contributed by atoms with Crippen LogP contribution in [0.15, 0.2) is 18.2 Å². The van der Waals surface area contributed by atoms with Crippen molar-refractivity contribution in [2.45, 2.75) is 39.2 Å². The Morgan fingerprint density at radius 3 is 2.42 bits per heavy atom. The number of nitrogens with one attached hydrogen (secondary N) is 1. The molecule has 0 aliphatic heterocycles. The van der Waals surface area contributed by atoms with Crippen molar-refractivity contribution < 1.29 is 13.2 Å². The summed E-state index contributed by atoms with van der Waals surface area (Å²) in [6, 6.07) is 5.24. The van der Waals surface area contributed by atoms with Gasteiger partial charge >= 0.3 is 6.18 Å². The molecule has 1 rings (SSSR count). The van der Waals surface area contributed by atoms with Gasteiger partial charge in [0.15, 0.2) is 0 Å². The Hall–Kier alpha value is -1.14. The van der Waals surface area contributed by atoms with Crippen LogP contribution in [0, 0.1) is 0 Å². The lowest BCUT2D eigenvalue weighted by Crippen LogP contribution is -2.38. The van der Waals surface area contributed by atoms with Crippen LogP contribution in [-0.4, -0.2) is 35.7 Å². The van der Waals surface area contributed by atoms with Crippen molar-refractivity contribution >= 4 is 0 Å². The highest BCUT2D eigenvalue weighted by Gasteiger charge is 2.31. The molecule has 0 aromatic carbocycles. The Kier molecular flexibility index (Phi) is 5.75. The van der Waals surface area contributed by atoms with E-state index in [9.17, 15) is 13.2 Å². The first-order chi connectivity index (χ1) is 8.81. The van der Waals surface area contributed by atoms with E-state index in [0.717, 1.165) is 5.69 Å². The van der Waals surface area contributed by atoms with E-state index in [1.807, 2.05) is 12.1 Å². The Bertz CT molecular complexity index is 391. The highest BCUT2D eigenvalue weighted by Crippen LogP contribution is 2.19. The number of rotatable bonds is 6. The van der Waals surface area contributed by atoms with Gasteiger partial charge < -0.3 is 5.32 Å². The molecule has 0 saturated carbocycles. The number of hydrogen-bond acceptors (Lipinski definition) is 3. The zero-order valence-electron chi connectivity index (χ0n) is 11.5. The summed E-state index contributed by atoms with van der Waals surface area (Å²) in [5, 5.41) is 2.97. The van der Waals surface area contributed by atoms with E-state index in [4.69, 9.17) is 0 Å². The number of aromatic nitrogens is 1. The molecule has 19 heavy (non-hydrogen) atoms. The fraction of sp³-hybridized carbons (Fsp3) is 0.615. The predicted octanol–water partition coefficient (Wildman–Crippen LogP) is 2.57. The van der Waals surface area contributed by atoms with Crippen molar-refractivity contribution in [1.82, 2.24) is 15.2 Å². The highest BCUT2D eigenvalue weighted by molar-refractivity contribution is 5.11. The molecule has 0 bridgehead atoms. The van der Waals surface area contributed by atoms with Gasteiger partial charge in [-0.15, -0.1) is 0 Å². The standard InChI is InChI=1S/C13H20F3N3/c1-10(2)19(9-13(14,15)16)8-12-6-4-5-11(18-12)7-17-3/h4-6,10,17H,7-9H2,1-3H3. The predicted molar refractivity (Wildman–Crippen MR) is 68.6 cm³/mol. The molecule has 0 aliphatic rings. The van der Waals surface area contributed by atoms with E-state index in [2.05, 4.69) is 10.3 Å². The minimum absolute atomic E-state index is 0.184. The number of hydrogen-bond donors (Lipinski definition) is 1. The van der Waals surface area contributed by atoms with Gasteiger partial charge in [0.1, 0.15) is 0 Å². The van der Waals surface area contributed by atoms with Crippen molar-refractivity contribution in [2.75, 3.05) is 13.6 Å². The summed E-state index contributed by atoms with van der Waals surface area (Å²) >= 11 is 0. The molecule has 108 valence electrons. The summed E-state index contributed by atoms with van der Waals surface area (Å²) in [5.41, 5.74) is 1.49. The number of nitrogens with zero attached hydrogens (tertiary/aromatic N) is 2. The Balaban J connectivity index is 2.76. The van der Waals surface area contributed by atoms with Crippen LogP contribution >= 0.6 is 0 Å². The van der Waals surface area contributed by atoms with Crippen LogP contribution in [0.25, 0.3) is 0 Å². The van der Waals surface area contributed by atoms with Crippen LogP contribution in [0.2, 0.25) is 0 Å². The van der Waals surface area contributed by atoms with Gasteiger partial charge in [-0.05, 0) is 33.0 Å². The average Bonchev–Trinajstić information content (AvgIpc) is 2.27. The van der Waals surface area contributed by atoms with Gasteiger partial charge in [0.2, 0.25) is 0 Å². The molecule has 1 aromatic heterocycles. The van der Waals surface area contributed by atoms with Gasteiger partial charge in [-0.3, -0.25) is 9.88 Å². The van der Waals surface area contributed by atoms with E-state index < -0.39 is 12.7 Å². The highest BCUT2D eigenvalue weighted by atomic mass is 19.4. The molecule has 0 spiro atoms. The summed E-state index contributed by atoms with van der Waals surface area (Å²) in [6.07, 6.45) is -4.19. The first-order valence-electron chi connectivity index (χ1n) is 6.22. The number of alkyl halides is 3. The van der Waals surface area contributed by atoms with Crippen LogP contribution in [0.1, 0.15) is 25.2 Å². The molecule has 0 aliphatic carbocycles. The Labute approximate surface area is 111 Å². The monoisotopic (exact) mass is 275 g/mol. The first kappa shape index (κ1) is 15.9. The average molecular weight is 275 g/mol. The summed E-state index contributed by atoms with van der Waals surface area (Å²) in [4.78, 5) is 5.71. The van der Waals surface area contributed by atoms with Crippen molar-refractivity contribution in [1.29, 1.82) is 0 Å². The molecule has 1 aromatic rings. The summed E-state index contributed by atoms with van der Waals surface area (Å²) in [6.45, 7) is 3.40. The van der Waals surface area contributed by atoms with Crippen molar-refractivity contribution in [3.63, 3.8) is 0 Å². The van der Waals surface area contributed by atoms with Gasteiger partial charge in [0.05, 0.1) is 17.9 Å². The van der Waals surface area contributed by atoms with Gasteiger partial charge in [-0.2, -0.15) is 13.2 Å². The fourth-order valence-corrected chi connectivity index (χ4v) is 1.76. The molecule has 0 amide bonds. The maximum absolute atomic E-state index is 12.5. The molecular formula is C13H20F3N3. The van der Waals surface area contributed by atoms with Crippen LogP contribution in [0.5, 0.6) is 0 Å². The van der Waals surface area contributed by atoms with Crippen molar-refractivity contribution in [3.8, 4) is 0 Å². The van der Waals surface area contributed by atoms with Crippen LogP contribution < -0.4 is 5.32 Å². The minimum atomic E-state index is -4.19. The van der Waals surface area contributed by atoms with E-state index in [1.165, 1.54) is 4.90 Å². The van der Waals surface area contributed by atoms with Gasteiger partial charge in [-0.1, -0.05) is 6.07 Å². The maximum Gasteiger partial charge on any atom is 0.401 e. The molecule has 0 fully saturated rings. The Morgan fingerprint density at radius 1 is 1.26 bits per heavy atom. The summed E-state index contributed by atoms with van der Waals surface area (Å²) in [7, 11) is 1.80. The molecule has 0 saturated heterocycles. The first-order valence-corrected chi connectivity index (χ1v) is 6.22. The van der Waals surface area contributed by atoms with Gasteiger partial charge in [-0.25, -0.2) is 0 Å². The van der Waals surface area contributed by atoms with E-state index >= 15 is 0 Å². The topological polar surface area (TPSA) is 28.2 Å². The van der Waals surface area contributed by atoms with E-state index in [-0.39, 0.29) is 12.6 Å². The smallest absolute Gasteiger partial charge is 0.314 e. The van der Waals surface area contributed by atoms with Crippen LogP contribution in [0.3, 0.4) is 0 Å². The Morgan fingerprint density at radius 2 is 1.89 bits per heavy atom. The van der Waals surface area contributed by atoms with Crippen molar-refractivity contribution in [3.05, 3.63) is 29.6 Å². The summed E-state index contributed by atoms with van der Waals surface area (Å²) in [5.74, 6) is 0. The fourth-order valence-electron chi connectivity index (χ4n) is 1.76. The quantitative estimate of drug-likeness (QED) is 0.865. The molecule has 1 heterocycles. The second kappa shape index (κ2) is 6.86. The SMILES string of the molecule is CNCc1cccc(CN(CC(F)(F)F)C(C)C)n1. The van der Waals surface area contributed by atoms with Gasteiger partial charge in [0, 0.05) is 19.1 Å². The molecule has 0 unspecified atom stereocenters. The summed E-state index contributed by atoms with van der Waals surface area (Å²) < 4.78 is 37.5. The zero-order chi connectivity index (χ0) is 14.5. The lowest BCUT2D eigenvalue weighted by Gasteiger charge is -2.27. The number of pyridine rings is 1. The van der Waals surface area contributed by atoms with E-state index in [1.54, 1.807) is 27.0 Å². The third-order valence-corrected chi connectivity index (χ3v) is 2.70. The molecule has 6 heteroatoms. The van der Waals surface area contributed by atoms with Crippen LogP contribution in [0.4, 0.5) is 13.2 Å². The van der Waals surface area contributed by atoms with E-state index in [0.29, 0.717) is 12.2 Å². The normalized spacial score (nSPS) is 12.4. The van der Waals surface area contributed by atoms with Crippen LogP contribution in [-0.2, 0) is 13.1 Å². The lowest BCUT2D eigenvalue weighted by molar-refractivity contribution is -0.151. The molecule has 3 nitrogen and oxygen atoms in total. The number of halogens is 3. The third-order valence-electron chi connectivity index (χ3n) is 2.70. The van der Waals surface area contributed by atoms with Crippen molar-refractivity contribution in [2.24, 2.45) is 0 Å². The second-order valence-corrected chi connectivity index (χ2v) is 4.76. The maximum atomic E-state index is 12.5. The molecular weight excluding hydrogens is 255 g/mol. The second-order valence-electron chi connectivity index (χ2n) is 4.76. The molecule has 0 radical (unpaired) electrons. The molecule has 0 atom stereocenters. The van der Waals surface area contributed by atoms with Gasteiger partial charge in [0.25, 0.3) is 0 Å². The minimum Gasteiger partial charge on any atom is -0.314 e. The largest absolute Gasteiger partial charge is 0.401 e. The zero-order valence-corrected chi connectivity index (χ0v) is 11.5. The molecule has 1 N–H and O–H groups in total.